The van der Waals surface area contributed by atoms with Crippen LogP contribution < -0.4 is 0 Å². The third-order valence-electron chi connectivity index (χ3n) is 6.24. The lowest BCUT2D eigenvalue weighted by Crippen LogP contribution is -2.46. The summed E-state index contributed by atoms with van der Waals surface area (Å²) in [5.41, 5.74) is 0.993. The number of benzene rings is 1. The first-order chi connectivity index (χ1) is 13.6. The fraction of sp³-hybridized carbons (Fsp3) is 0.565. The first-order valence-corrected chi connectivity index (χ1v) is 11.3. The smallest absolute Gasteiger partial charge is 0.123 e. The van der Waals surface area contributed by atoms with E-state index >= 15 is 0 Å². The summed E-state index contributed by atoms with van der Waals surface area (Å²) in [6, 6.07) is 11.3. The molecular weight excluding hydrogens is 371 g/mol. The Morgan fingerprint density at radius 2 is 1.54 bits per heavy atom. The number of aliphatic hydroxyl groups is 1. The van der Waals surface area contributed by atoms with Gasteiger partial charge in [0.2, 0.25) is 0 Å². The lowest BCUT2D eigenvalue weighted by Gasteiger charge is -2.42. The highest BCUT2D eigenvalue weighted by atomic mass is 32.1. The first kappa shape index (κ1) is 20.0. The van der Waals surface area contributed by atoms with Crippen LogP contribution in [0.3, 0.4) is 0 Å². The molecule has 152 valence electrons. The van der Waals surface area contributed by atoms with Crippen LogP contribution in [0.2, 0.25) is 0 Å². The van der Waals surface area contributed by atoms with Gasteiger partial charge in [-0.05, 0) is 81.6 Å². The highest BCUT2D eigenvalue weighted by Crippen LogP contribution is 2.34. The molecule has 2 aliphatic heterocycles. The molecule has 1 N–H and O–H groups in total. The van der Waals surface area contributed by atoms with E-state index in [1.165, 1.54) is 47.8 Å². The van der Waals surface area contributed by atoms with Crippen molar-refractivity contribution in [3.63, 3.8) is 0 Å². The minimum atomic E-state index is -0.200. The summed E-state index contributed by atoms with van der Waals surface area (Å²) in [6.07, 6.45) is 5.62. The highest BCUT2D eigenvalue weighted by Gasteiger charge is 2.35. The molecule has 2 aromatic rings. The number of likely N-dealkylation sites (tertiary alicyclic amines) is 2. The number of hydrogen-bond acceptors (Lipinski definition) is 4. The average molecular weight is 403 g/mol. The Hall–Kier alpha value is -1.27. The van der Waals surface area contributed by atoms with Gasteiger partial charge in [-0.2, -0.15) is 0 Å². The van der Waals surface area contributed by atoms with Gasteiger partial charge in [-0.15, -0.1) is 11.3 Å². The normalized spacial score (nSPS) is 24.1. The van der Waals surface area contributed by atoms with Crippen LogP contribution in [0.5, 0.6) is 0 Å². The molecule has 2 aliphatic rings. The second-order valence-corrected chi connectivity index (χ2v) is 9.88. The second kappa shape index (κ2) is 9.04. The maximum absolute atomic E-state index is 13.2. The Kier molecular flexibility index (Phi) is 6.46. The van der Waals surface area contributed by atoms with E-state index in [1.54, 1.807) is 0 Å². The van der Waals surface area contributed by atoms with Crippen molar-refractivity contribution in [2.24, 2.45) is 5.41 Å². The number of rotatable bonds is 7. The van der Waals surface area contributed by atoms with Crippen LogP contribution in [0.1, 0.15) is 41.0 Å². The van der Waals surface area contributed by atoms with Crippen LogP contribution in [-0.2, 0) is 19.5 Å². The van der Waals surface area contributed by atoms with Gasteiger partial charge < -0.3 is 5.11 Å². The number of thiophene rings is 1. The van der Waals surface area contributed by atoms with Crippen molar-refractivity contribution >= 4 is 11.3 Å². The third-order valence-corrected chi connectivity index (χ3v) is 7.30. The van der Waals surface area contributed by atoms with E-state index in [4.69, 9.17) is 0 Å². The van der Waals surface area contributed by atoms with Crippen molar-refractivity contribution in [3.8, 4) is 0 Å². The SMILES string of the molecule is OC[C@]1(Cc2ccc(F)cc2)CCCN(Cc2ccc(CN3CCCC3)s2)C1. The average Bonchev–Trinajstić information content (AvgIpc) is 3.37. The summed E-state index contributed by atoms with van der Waals surface area (Å²) in [5, 5.41) is 10.2. The predicted molar refractivity (Wildman–Crippen MR) is 113 cm³/mol. The number of hydrogen-bond donors (Lipinski definition) is 1. The fourth-order valence-corrected chi connectivity index (χ4v) is 5.89. The zero-order valence-electron chi connectivity index (χ0n) is 16.6. The van der Waals surface area contributed by atoms with Gasteiger partial charge in [0.25, 0.3) is 0 Å². The largest absolute Gasteiger partial charge is 0.396 e. The van der Waals surface area contributed by atoms with Crippen molar-refractivity contribution in [2.75, 3.05) is 32.8 Å². The Balaban J connectivity index is 1.37. The number of nitrogens with zero attached hydrogens (tertiary/aromatic N) is 2. The van der Waals surface area contributed by atoms with Crippen molar-refractivity contribution in [3.05, 3.63) is 57.5 Å². The lowest BCUT2D eigenvalue weighted by molar-refractivity contribution is 0.0293. The van der Waals surface area contributed by atoms with E-state index in [-0.39, 0.29) is 17.8 Å². The van der Waals surface area contributed by atoms with E-state index in [0.717, 1.165) is 51.0 Å². The van der Waals surface area contributed by atoms with Crippen molar-refractivity contribution in [1.29, 1.82) is 0 Å². The van der Waals surface area contributed by atoms with Gasteiger partial charge in [0.15, 0.2) is 0 Å². The molecule has 1 aromatic carbocycles. The molecule has 0 aliphatic carbocycles. The van der Waals surface area contributed by atoms with Crippen LogP contribution in [-0.4, -0.2) is 47.7 Å². The molecule has 1 aromatic heterocycles. The van der Waals surface area contributed by atoms with Crippen LogP contribution in [0, 0.1) is 11.2 Å². The zero-order chi connectivity index (χ0) is 19.4. The van der Waals surface area contributed by atoms with Crippen LogP contribution in [0.25, 0.3) is 0 Å². The summed E-state index contributed by atoms with van der Waals surface area (Å²) in [7, 11) is 0. The highest BCUT2D eigenvalue weighted by molar-refractivity contribution is 7.11. The molecule has 0 radical (unpaired) electrons. The van der Waals surface area contributed by atoms with Crippen LogP contribution in [0.4, 0.5) is 4.39 Å². The number of aliphatic hydroxyl groups excluding tert-OH is 1. The Morgan fingerprint density at radius 1 is 0.893 bits per heavy atom. The standard InChI is InChI=1S/C23H31FN2OS/c24-20-6-4-19(5-7-20)14-23(18-27)10-3-13-26(17-23)16-22-9-8-21(28-22)15-25-11-1-2-12-25/h4-9,27H,1-3,10-18H2/t23-/m0/s1. The molecule has 5 heteroatoms. The van der Waals surface area contributed by atoms with Crippen LogP contribution in [0.15, 0.2) is 36.4 Å². The Labute approximate surface area is 171 Å². The van der Waals surface area contributed by atoms with Crippen molar-refractivity contribution < 1.29 is 9.50 Å². The maximum Gasteiger partial charge on any atom is 0.123 e. The van der Waals surface area contributed by atoms with Crippen molar-refractivity contribution in [2.45, 2.75) is 45.2 Å². The van der Waals surface area contributed by atoms with E-state index in [9.17, 15) is 9.50 Å². The predicted octanol–water partition coefficient (Wildman–Crippen LogP) is 4.30. The summed E-state index contributed by atoms with van der Waals surface area (Å²) >= 11 is 1.94. The van der Waals surface area contributed by atoms with Gasteiger partial charge in [0, 0.05) is 34.8 Å². The summed E-state index contributed by atoms with van der Waals surface area (Å²) in [5.74, 6) is -0.200. The topological polar surface area (TPSA) is 26.7 Å². The summed E-state index contributed by atoms with van der Waals surface area (Å²) in [6.45, 7) is 6.71. The first-order valence-electron chi connectivity index (χ1n) is 10.5. The maximum atomic E-state index is 13.2. The molecule has 0 bridgehead atoms. The molecule has 3 nitrogen and oxygen atoms in total. The van der Waals surface area contributed by atoms with Crippen molar-refractivity contribution in [1.82, 2.24) is 9.80 Å². The fourth-order valence-electron chi connectivity index (χ4n) is 4.78. The van der Waals surface area contributed by atoms with Gasteiger partial charge in [-0.25, -0.2) is 4.39 Å². The Morgan fingerprint density at radius 3 is 2.21 bits per heavy atom. The van der Waals surface area contributed by atoms with Gasteiger partial charge in [0.1, 0.15) is 5.82 Å². The van der Waals surface area contributed by atoms with Gasteiger partial charge in [-0.3, -0.25) is 9.80 Å². The summed E-state index contributed by atoms with van der Waals surface area (Å²) in [4.78, 5) is 7.93. The molecule has 3 heterocycles. The quantitative estimate of drug-likeness (QED) is 0.748. The molecule has 2 fully saturated rings. The number of halogens is 1. The molecule has 1 atom stereocenters. The van der Waals surface area contributed by atoms with Crippen LogP contribution >= 0.6 is 11.3 Å². The molecule has 0 amide bonds. The molecule has 0 unspecified atom stereocenters. The molecule has 28 heavy (non-hydrogen) atoms. The van der Waals surface area contributed by atoms with E-state index in [0.29, 0.717) is 0 Å². The van der Waals surface area contributed by atoms with Gasteiger partial charge in [-0.1, -0.05) is 12.1 Å². The minimum absolute atomic E-state index is 0.119. The van der Waals surface area contributed by atoms with E-state index < -0.39 is 0 Å². The summed E-state index contributed by atoms with van der Waals surface area (Å²) < 4.78 is 13.2. The second-order valence-electron chi connectivity index (χ2n) is 8.63. The van der Waals surface area contributed by atoms with Gasteiger partial charge in [0.05, 0.1) is 6.61 Å². The lowest BCUT2D eigenvalue weighted by atomic mass is 9.75. The molecule has 2 saturated heterocycles. The minimum Gasteiger partial charge on any atom is -0.396 e. The Bertz CT molecular complexity index is 756. The van der Waals surface area contributed by atoms with E-state index in [1.807, 2.05) is 23.5 Å². The van der Waals surface area contributed by atoms with E-state index in [2.05, 4.69) is 21.9 Å². The monoisotopic (exact) mass is 402 g/mol. The molecule has 0 saturated carbocycles. The number of piperidine rings is 1. The third kappa shape index (κ3) is 5.01. The zero-order valence-corrected chi connectivity index (χ0v) is 17.4. The molecule has 0 spiro atoms. The molecule has 4 rings (SSSR count). The van der Waals surface area contributed by atoms with Gasteiger partial charge >= 0.3 is 0 Å². The molecular formula is C23H31FN2OS.